The van der Waals surface area contributed by atoms with Crippen LogP contribution in [0.2, 0.25) is 0 Å². The Morgan fingerprint density at radius 1 is 1.21 bits per heavy atom. The van der Waals surface area contributed by atoms with Crippen LogP contribution in [0.5, 0.6) is 5.75 Å². The Labute approximate surface area is 117 Å². The van der Waals surface area contributed by atoms with Gasteiger partial charge in [-0.25, -0.2) is 4.39 Å². The van der Waals surface area contributed by atoms with E-state index in [1.54, 1.807) is 12.1 Å². The monoisotopic (exact) mass is 279 g/mol. The minimum Gasteiger partial charge on any atom is -0.497 e. The van der Waals surface area contributed by atoms with E-state index < -0.39 is 0 Å². The Bertz CT molecular complexity index is 560. The molecule has 0 saturated heterocycles. The third kappa shape index (κ3) is 3.61. The van der Waals surface area contributed by atoms with Gasteiger partial charge in [0.05, 0.1) is 7.11 Å². The molecule has 0 unspecified atom stereocenters. The summed E-state index contributed by atoms with van der Waals surface area (Å²) in [6, 6.07) is 12.6. The lowest BCUT2D eigenvalue weighted by Gasteiger charge is -2.09. The highest BCUT2D eigenvalue weighted by molar-refractivity contribution is 6.17. The molecule has 0 atom stereocenters. The van der Waals surface area contributed by atoms with Crippen LogP contribution in [-0.2, 0) is 12.4 Å². The smallest absolute Gasteiger partial charge is 0.131 e. The van der Waals surface area contributed by atoms with Crippen molar-refractivity contribution in [2.24, 2.45) is 0 Å². The number of nitrogens with one attached hydrogen (secondary N) is 1. The summed E-state index contributed by atoms with van der Waals surface area (Å²) in [4.78, 5) is 0. The predicted octanol–water partition coefficient (Wildman–Crippen LogP) is 4.19. The number of methoxy groups -OCH3 is 1. The molecule has 0 saturated carbocycles. The van der Waals surface area contributed by atoms with Crippen LogP contribution in [-0.4, -0.2) is 7.11 Å². The summed E-state index contributed by atoms with van der Waals surface area (Å²) < 4.78 is 18.7. The average molecular weight is 280 g/mol. The lowest BCUT2D eigenvalue weighted by Crippen LogP contribution is -2.02. The molecule has 0 bridgehead atoms. The normalized spacial score (nSPS) is 10.3. The summed E-state index contributed by atoms with van der Waals surface area (Å²) in [5.41, 5.74) is 2.55. The van der Waals surface area contributed by atoms with Crippen LogP contribution in [0, 0.1) is 5.82 Å². The highest BCUT2D eigenvalue weighted by Crippen LogP contribution is 2.18. The summed E-state index contributed by atoms with van der Waals surface area (Å²) in [7, 11) is 1.52. The van der Waals surface area contributed by atoms with Crippen molar-refractivity contribution < 1.29 is 9.13 Å². The number of alkyl halides is 1. The molecule has 0 aromatic heterocycles. The molecule has 2 nitrogen and oxygen atoms in total. The first-order chi connectivity index (χ1) is 9.22. The second kappa shape index (κ2) is 6.43. The Hall–Kier alpha value is -1.74. The van der Waals surface area contributed by atoms with Gasteiger partial charge in [-0.2, -0.15) is 0 Å². The topological polar surface area (TPSA) is 21.3 Å². The first-order valence-corrected chi connectivity index (χ1v) is 6.47. The van der Waals surface area contributed by atoms with Gasteiger partial charge < -0.3 is 10.1 Å². The number of halogens is 2. The summed E-state index contributed by atoms with van der Waals surface area (Å²) in [5, 5.41) is 3.17. The SMILES string of the molecule is COc1ccc(CNc2cccc(CCl)c2)c(F)c1. The standard InChI is InChI=1S/C15H15ClFNO/c1-19-14-6-5-12(15(17)8-14)10-18-13-4-2-3-11(7-13)9-16/h2-8,18H,9-10H2,1H3. The highest BCUT2D eigenvalue weighted by Gasteiger charge is 2.04. The Morgan fingerprint density at radius 3 is 2.74 bits per heavy atom. The van der Waals surface area contributed by atoms with E-state index in [2.05, 4.69) is 5.32 Å². The zero-order valence-electron chi connectivity index (χ0n) is 10.6. The van der Waals surface area contributed by atoms with Gasteiger partial charge in [0.25, 0.3) is 0 Å². The van der Waals surface area contributed by atoms with E-state index in [9.17, 15) is 4.39 Å². The van der Waals surface area contributed by atoms with Crippen LogP contribution in [0.4, 0.5) is 10.1 Å². The number of ether oxygens (including phenoxy) is 1. The van der Waals surface area contributed by atoms with Crippen molar-refractivity contribution in [3.05, 3.63) is 59.4 Å². The lowest BCUT2D eigenvalue weighted by molar-refractivity contribution is 0.411. The van der Waals surface area contributed by atoms with Gasteiger partial charge in [0.1, 0.15) is 11.6 Å². The van der Waals surface area contributed by atoms with Crippen LogP contribution in [0.1, 0.15) is 11.1 Å². The second-order valence-corrected chi connectivity index (χ2v) is 4.41. The Morgan fingerprint density at radius 2 is 2.05 bits per heavy atom. The molecule has 0 aliphatic heterocycles. The number of hydrogen-bond donors (Lipinski definition) is 1. The number of benzene rings is 2. The van der Waals surface area contributed by atoms with Gasteiger partial charge in [-0.05, 0) is 23.8 Å². The van der Waals surface area contributed by atoms with Crippen LogP contribution >= 0.6 is 11.6 Å². The largest absolute Gasteiger partial charge is 0.497 e. The molecule has 19 heavy (non-hydrogen) atoms. The molecule has 0 aliphatic carbocycles. The van der Waals surface area contributed by atoms with Gasteiger partial charge in [0.2, 0.25) is 0 Å². The van der Waals surface area contributed by atoms with Crippen LogP contribution in [0.25, 0.3) is 0 Å². The van der Waals surface area contributed by atoms with E-state index in [0.717, 1.165) is 11.3 Å². The minimum absolute atomic E-state index is 0.277. The molecule has 0 spiro atoms. The molecule has 0 fully saturated rings. The summed E-state index contributed by atoms with van der Waals surface area (Å²) in [6.07, 6.45) is 0. The van der Waals surface area contributed by atoms with Crippen molar-refractivity contribution in [2.75, 3.05) is 12.4 Å². The first-order valence-electron chi connectivity index (χ1n) is 5.94. The van der Waals surface area contributed by atoms with Crippen LogP contribution < -0.4 is 10.1 Å². The van der Waals surface area contributed by atoms with Gasteiger partial charge in [0.15, 0.2) is 0 Å². The molecule has 4 heteroatoms. The van der Waals surface area contributed by atoms with Crippen molar-refractivity contribution in [1.82, 2.24) is 0 Å². The van der Waals surface area contributed by atoms with Gasteiger partial charge >= 0.3 is 0 Å². The fraction of sp³-hybridized carbons (Fsp3) is 0.200. The number of anilines is 1. The minimum atomic E-state index is -0.277. The Balaban J connectivity index is 2.05. The molecule has 0 radical (unpaired) electrons. The maximum Gasteiger partial charge on any atom is 0.131 e. The zero-order valence-corrected chi connectivity index (χ0v) is 11.4. The van der Waals surface area contributed by atoms with E-state index in [1.165, 1.54) is 13.2 Å². The molecule has 0 heterocycles. The van der Waals surface area contributed by atoms with Crippen molar-refractivity contribution in [1.29, 1.82) is 0 Å². The lowest BCUT2D eigenvalue weighted by atomic mass is 10.2. The van der Waals surface area contributed by atoms with E-state index in [4.69, 9.17) is 16.3 Å². The number of hydrogen-bond acceptors (Lipinski definition) is 2. The third-order valence-corrected chi connectivity index (χ3v) is 3.13. The maximum atomic E-state index is 13.7. The zero-order chi connectivity index (χ0) is 13.7. The predicted molar refractivity (Wildman–Crippen MR) is 76.3 cm³/mol. The quantitative estimate of drug-likeness (QED) is 0.829. The fourth-order valence-corrected chi connectivity index (χ4v) is 1.93. The molecule has 2 aromatic rings. The van der Waals surface area contributed by atoms with Gasteiger partial charge in [-0.15, -0.1) is 11.6 Å². The summed E-state index contributed by atoms with van der Waals surface area (Å²) in [5.74, 6) is 0.706. The maximum absolute atomic E-state index is 13.7. The summed E-state index contributed by atoms with van der Waals surface area (Å²) >= 11 is 5.77. The van der Waals surface area contributed by atoms with Crippen LogP contribution in [0.15, 0.2) is 42.5 Å². The molecular formula is C15H15ClFNO. The molecule has 100 valence electrons. The van der Waals surface area contributed by atoms with Gasteiger partial charge in [-0.3, -0.25) is 0 Å². The fourth-order valence-electron chi connectivity index (χ4n) is 1.76. The third-order valence-electron chi connectivity index (χ3n) is 2.82. The number of rotatable bonds is 5. The van der Waals surface area contributed by atoms with Gasteiger partial charge in [0, 0.05) is 29.7 Å². The molecule has 1 N–H and O–H groups in total. The van der Waals surface area contributed by atoms with E-state index in [1.807, 2.05) is 24.3 Å². The molecule has 0 aliphatic rings. The van der Waals surface area contributed by atoms with E-state index >= 15 is 0 Å². The molecule has 0 amide bonds. The van der Waals surface area contributed by atoms with Crippen molar-refractivity contribution in [3.8, 4) is 5.75 Å². The van der Waals surface area contributed by atoms with E-state index in [-0.39, 0.29) is 5.82 Å². The summed E-state index contributed by atoms with van der Waals surface area (Å²) in [6.45, 7) is 0.418. The molecule has 2 aromatic carbocycles. The molecular weight excluding hydrogens is 265 g/mol. The van der Waals surface area contributed by atoms with Crippen molar-refractivity contribution in [2.45, 2.75) is 12.4 Å². The van der Waals surface area contributed by atoms with E-state index in [0.29, 0.717) is 23.7 Å². The Kier molecular flexibility index (Phi) is 4.63. The molecule has 2 rings (SSSR count). The van der Waals surface area contributed by atoms with Crippen molar-refractivity contribution >= 4 is 17.3 Å². The van der Waals surface area contributed by atoms with Crippen LogP contribution in [0.3, 0.4) is 0 Å². The first kappa shape index (κ1) is 13.7. The second-order valence-electron chi connectivity index (χ2n) is 4.14. The average Bonchev–Trinajstić information content (AvgIpc) is 2.46. The van der Waals surface area contributed by atoms with Crippen molar-refractivity contribution in [3.63, 3.8) is 0 Å². The highest BCUT2D eigenvalue weighted by atomic mass is 35.5. The van der Waals surface area contributed by atoms with Gasteiger partial charge in [-0.1, -0.05) is 18.2 Å².